The molecule has 0 heterocycles. The first-order valence-electron chi connectivity index (χ1n) is 9.00. The first-order chi connectivity index (χ1) is 14.1. The van der Waals surface area contributed by atoms with Gasteiger partial charge in [0.2, 0.25) is 0 Å². The summed E-state index contributed by atoms with van der Waals surface area (Å²) in [5, 5.41) is 1.98. The van der Waals surface area contributed by atoms with Crippen LogP contribution in [0.5, 0.6) is 0 Å². The van der Waals surface area contributed by atoms with E-state index in [0.29, 0.717) is 11.1 Å². The molecule has 3 aromatic carbocycles. The van der Waals surface area contributed by atoms with Crippen LogP contribution < -0.4 is 0 Å². The van der Waals surface area contributed by atoms with Crippen molar-refractivity contribution in [1.29, 1.82) is 0 Å². The van der Waals surface area contributed by atoms with E-state index in [-0.39, 0.29) is 0 Å². The van der Waals surface area contributed by atoms with Gasteiger partial charge in [-0.05, 0) is 78.1 Å². The fourth-order valence-corrected chi connectivity index (χ4v) is 2.89. The number of nitrogens with zero attached hydrogens (tertiary/aromatic N) is 1. The molecule has 142 valence electrons. The molecule has 0 aliphatic carbocycles. The lowest BCUT2D eigenvalue weighted by Crippen LogP contribution is -1.87. The molecule has 0 amide bonds. The monoisotopic (exact) mass is 401 g/mol. The summed E-state index contributed by atoms with van der Waals surface area (Å²) in [6, 6.07) is 17.8. The standard InChI is InChI=1S/C25H17F2NS/c1-2-3-4-18-5-7-19(8-6-18)9-10-20-11-13-21(14-12-20)22-15-23(26)25(28-17-29)24(27)16-22/h2,5-8,11-16H,1,3-4H2. The first kappa shape index (κ1) is 20.4. The number of aryl methyl sites for hydroxylation is 1. The maximum atomic E-state index is 14.0. The van der Waals surface area contributed by atoms with Crippen molar-refractivity contribution < 1.29 is 8.78 Å². The highest BCUT2D eigenvalue weighted by molar-refractivity contribution is 7.78. The van der Waals surface area contributed by atoms with Gasteiger partial charge in [0.1, 0.15) is 5.69 Å². The molecule has 0 bridgehead atoms. The molecule has 4 heteroatoms. The zero-order chi connectivity index (χ0) is 20.6. The van der Waals surface area contributed by atoms with Crippen LogP contribution in [0.25, 0.3) is 11.1 Å². The van der Waals surface area contributed by atoms with Gasteiger partial charge in [-0.15, -0.1) is 6.58 Å². The van der Waals surface area contributed by atoms with Crippen LogP contribution in [0.15, 0.2) is 78.3 Å². The number of hydrogen-bond acceptors (Lipinski definition) is 2. The van der Waals surface area contributed by atoms with Gasteiger partial charge in [-0.3, -0.25) is 0 Å². The summed E-state index contributed by atoms with van der Waals surface area (Å²) in [7, 11) is 0. The molecule has 0 radical (unpaired) electrons. The number of aliphatic imine (C=N–C) groups is 1. The zero-order valence-corrected chi connectivity index (χ0v) is 16.4. The summed E-state index contributed by atoms with van der Waals surface area (Å²) in [5.74, 6) is 4.67. The minimum Gasteiger partial charge on any atom is -0.204 e. The Kier molecular flexibility index (Phi) is 6.81. The Morgan fingerprint density at radius 2 is 1.41 bits per heavy atom. The summed E-state index contributed by atoms with van der Waals surface area (Å²) in [4.78, 5) is 3.42. The highest BCUT2D eigenvalue weighted by Crippen LogP contribution is 2.29. The van der Waals surface area contributed by atoms with Gasteiger partial charge >= 0.3 is 0 Å². The molecule has 0 saturated heterocycles. The van der Waals surface area contributed by atoms with Crippen molar-refractivity contribution >= 4 is 23.1 Å². The van der Waals surface area contributed by atoms with Gasteiger partial charge in [-0.1, -0.05) is 42.2 Å². The normalized spacial score (nSPS) is 9.86. The van der Waals surface area contributed by atoms with Crippen LogP contribution in [0.1, 0.15) is 23.1 Å². The topological polar surface area (TPSA) is 12.4 Å². The Morgan fingerprint density at radius 1 is 0.862 bits per heavy atom. The number of hydrogen-bond donors (Lipinski definition) is 0. The van der Waals surface area contributed by atoms with Crippen LogP contribution >= 0.6 is 12.2 Å². The molecule has 0 aliphatic rings. The summed E-state index contributed by atoms with van der Waals surface area (Å²) in [6.45, 7) is 3.73. The van der Waals surface area contributed by atoms with Gasteiger partial charge < -0.3 is 0 Å². The van der Waals surface area contributed by atoms with E-state index in [9.17, 15) is 8.78 Å². The summed E-state index contributed by atoms with van der Waals surface area (Å²) >= 11 is 4.41. The zero-order valence-electron chi connectivity index (χ0n) is 15.6. The van der Waals surface area contributed by atoms with Crippen LogP contribution in [0.4, 0.5) is 14.5 Å². The Balaban J connectivity index is 1.77. The van der Waals surface area contributed by atoms with Gasteiger partial charge in [0.25, 0.3) is 0 Å². The molecule has 0 aliphatic heterocycles. The molecule has 0 atom stereocenters. The SMILES string of the molecule is C=CCCc1ccc(C#Cc2ccc(-c3cc(F)c(N=C=S)c(F)c3)cc2)cc1. The molecule has 3 rings (SSSR count). The largest absolute Gasteiger partial charge is 0.204 e. The minimum absolute atomic E-state index is 0.415. The van der Waals surface area contributed by atoms with Crippen LogP contribution in [0.3, 0.4) is 0 Å². The van der Waals surface area contributed by atoms with Gasteiger partial charge in [-0.2, -0.15) is 4.99 Å². The van der Waals surface area contributed by atoms with Crippen molar-refractivity contribution in [3.8, 4) is 23.0 Å². The second-order valence-electron chi connectivity index (χ2n) is 6.34. The second-order valence-corrected chi connectivity index (χ2v) is 6.53. The number of halogens is 2. The Bertz CT molecular complexity index is 1110. The van der Waals surface area contributed by atoms with E-state index in [1.54, 1.807) is 12.1 Å². The van der Waals surface area contributed by atoms with E-state index < -0.39 is 17.3 Å². The molecule has 1 nitrogen and oxygen atoms in total. The Labute approximate surface area is 174 Å². The van der Waals surface area contributed by atoms with Crippen molar-refractivity contribution in [3.63, 3.8) is 0 Å². The van der Waals surface area contributed by atoms with Crippen LogP contribution in [-0.4, -0.2) is 5.16 Å². The molecule has 29 heavy (non-hydrogen) atoms. The second kappa shape index (κ2) is 9.71. The number of benzene rings is 3. The fraction of sp³-hybridized carbons (Fsp3) is 0.0800. The summed E-state index contributed by atoms with van der Waals surface area (Å²) in [5.41, 5.74) is 3.65. The van der Waals surface area contributed by atoms with Crippen LogP contribution in [-0.2, 0) is 6.42 Å². The lowest BCUT2D eigenvalue weighted by Gasteiger charge is -2.05. The van der Waals surface area contributed by atoms with Gasteiger partial charge in [0, 0.05) is 11.1 Å². The maximum Gasteiger partial charge on any atom is 0.153 e. The predicted octanol–water partition coefficient (Wildman–Crippen LogP) is 6.88. The van der Waals surface area contributed by atoms with Gasteiger partial charge in [-0.25, -0.2) is 8.78 Å². The lowest BCUT2D eigenvalue weighted by atomic mass is 10.0. The molecule has 0 N–H and O–H groups in total. The van der Waals surface area contributed by atoms with Crippen LogP contribution in [0.2, 0.25) is 0 Å². The lowest BCUT2D eigenvalue weighted by molar-refractivity contribution is 0.588. The van der Waals surface area contributed by atoms with E-state index >= 15 is 0 Å². The highest BCUT2D eigenvalue weighted by atomic mass is 32.1. The molecule has 0 saturated carbocycles. The molecule has 3 aromatic rings. The third kappa shape index (κ3) is 5.33. The highest BCUT2D eigenvalue weighted by Gasteiger charge is 2.11. The van der Waals surface area contributed by atoms with Gasteiger partial charge in [0.15, 0.2) is 11.6 Å². The third-order valence-corrected chi connectivity index (χ3v) is 4.43. The van der Waals surface area contributed by atoms with E-state index in [0.717, 1.165) is 24.0 Å². The fourth-order valence-electron chi connectivity index (χ4n) is 2.80. The summed E-state index contributed by atoms with van der Waals surface area (Å²) in [6.07, 6.45) is 3.83. The Hall–Kier alpha value is -3.38. The van der Waals surface area contributed by atoms with Crippen molar-refractivity contribution in [2.24, 2.45) is 4.99 Å². The third-order valence-electron chi connectivity index (χ3n) is 4.33. The molecular weight excluding hydrogens is 384 g/mol. The average molecular weight is 401 g/mol. The number of allylic oxidation sites excluding steroid dienone is 1. The van der Waals surface area contributed by atoms with E-state index in [1.165, 1.54) is 17.7 Å². The van der Waals surface area contributed by atoms with E-state index in [2.05, 4.69) is 47.8 Å². The molecule has 0 unspecified atom stereocenters. The Morgan fingerprint density at radius 3 is 1.93 bits per heavy atom. The molecular formula is C25H17F2NS. The predicted molar refractivity (Wildman–Crippen MR) is 117 cm³/mol. The van der Waals surface area contributed by atoms with E-state index in [4.69, 9.17) is 0 Å². The molecule has 0 aromatic heterocycles. The molecule has 0 fully saturated rings. The summed E-state index contributed by atoms with van der Waals surface area (Å²) < 4.78 is 28.0. The van der Waals surface area contributed by atoms with Crippen molar-refractivity contribution in [2.45, 2.75) is 12.8 Å². The maximum absolute atomic E-state index is 14.0. The van der Waals surface area contributed by atoms with Crippen molar-refractivity contribution in [3.05, 3.63) is 102 Å². The van der Waals surface area contributed by atoms with Crippen molar-refractivity contribution in [2.75, 3.05) is 0 Å². The average Bonchev–Trinajstić information content (AvgIpc) is 2.74. The van der Waals surface area contributed by atoms with E-state index in [1.807, 2.05) is 35.5 Å². The van der Waals surface area contributed by atoms with Gasteiger partial charge in [0.05, 0.1) is 5.16 Å². The van der Waals surface area contributed by atoms with Crippen molar-refractivity contribution in [1.82, 2.24) is 0 Å². The first-order valence-corrected chi connectivity index (χ1v) is 9.41. The minimum atomic E-state index is -0.780. The quantitative estimate of drug-likeness (QED) is 0.196. The number of thiocarbonyl (C=S) groups is 1. The molecule has 0 spiro atoms. The number of isothiocyanates is 1. The van der Waals surface area contributed by atoms with Crippen LogP contribution in [0, 0.1) is 23.5 Å². The smallest absolute Gasteiger partial charge is 0.153 e. The number of rotatable bonds is 5.